The lowest BCUT2D eigenvalue weighted by Gasteiger charge is -2.13. The lowest BCUT2D eigenvalue weighted by Crippen LogP contribution is -2.25. The van der Waals surface area contributed by atoms with Gasteiger partial charge in [0.15, 0.2) is 11.0 Å². The maximum atomic E-state index is 12.2. The van der Waals surface area contributed by atoms with E-state index in [4.69, 9.17) is 4.74 Å². The number of methoxy groups -OCH3 is 1. The summed E-state index contributed by atoms with van der Waals surface area (Å²) in [6.07, 6.45) is 5.59. The van der Waals surface area contributed by atoms with Gasteiger partial charge in [0, 0.05) is 29.4 Å². The van der Waals surface area contributed by atoms with E-state index >= 15 is 0 Å². The van der Waals surface area contributed by atoms with Crippen LogP contribution in [0.25, 0.3) is 17.1 Å². The fourth-order valence-corrected chi connectivity index (χ4v) is 4.91. The molecule has 5 rings (SSSR count). The number of thiazole rings is 1. The van der Waals surface area contributed by atoms with E-state index in [1.807, 2.05) is 41.0 Å². The number of nitrogens with zero attached hydrogens (tertiary/aromatic N) is 5. The van der Waals surface area contributed by atoms with Crippen molar-refractivity contribution in [3.05, 3.63) is 64.9 Å². The van der Waals surface area contributed by atoms with Crippen LogP contribution >= 0.6 is 23.1 Å². The van der Waals surface area contributed by atoms with Gasteiger partial charge in [-0.3, -0.25) is 14.3 Å². The molecular formula is C22H20N6O2S2. The molecule has 3 aromatic heterocycles. The number of hydrogen-bond acceptors (Lipinski definition) is 8. The first-order valence-electron chi connectivity index (χ1n) is 10.1. The molecule has 1 amide bonds. The third kappa shape index (κ3) is 4.37. The molecule has 1 aliphatic rings. The highest BCUT2D eigenvalue weighted by molar-refractivity contribution is 7.98. The lowest BCUT2D eigenvalue weighted by atomic mass is 10.2. The summed E-state index contributed by atoms with van der Waals surface area (Å²) in [5.74, 6) is 1.86. The van der Waals surface area contributed by atoms with Gasteiger partial charge in [-0.2, -0.15) is 0 Å². The van der Waals surface area contributed by atoms with Crippen LogP contribution in [0, 0.1) is 0 Å². The van der Waals surface area contributed by atoms with Crippen molar-refractivity contribution in [1.29, 1.82) is 0 Å². The van der Waals surface area contributed by atoms with E-state index in [9.17, 15) is 4.79 Å². The molecule has 0 spiro atoms. The molecule has 1 fully saturated rings. The molecule has 0 radical (unpaired) electrons. The van der Waals surface area contributed by atoms with Gasteiger partial charge >= 0.3 is 0 Å². The number of benzene rings is 1. The van der Waals surface area contributed by atoms with Gasteiger partial charge in [0.25, 0.3) is 5.91 Å². The number of amides is 1. The van der Waals surface area contributed by atoms with E-state index in [1.54, 1.807) is 24.9 Å². The molecule has 1 N–H and O–H groups in total. The Bertz CT molecular complexity index is 1240. The SMILES string of the molecule is COc1ccccc1-n1c(SCc2nc(C(=O)NC3CC3)cs2)nnc1-c1cccnc1. The smallest absolute Gasteiger partial charge is 0.270 e. The van der Waals surface area contributed by atoms with Gasteiger partial charge in [-0.25, -0.2) is 4.98 Å². The molecule has 3 heterocycles. The van der Waals surface area contributed by atoms with Crippen LogP contribution < -0.4 is 10.1 Å². The predicted octanol–water partition coefficient (Wildman–Crippen LogP) is 3.98. The number of nitrogens with one attached hydrogen (secondary N) is 1. The molecule has 0 aliphatic heterocycles. The standard InChI is InChI=1S/C22H20N6O2S2/c1-30-18-7-3-2-6-17(18)28-20(14-5-4-10-23-11-14)26-27-22(28)32-13-19-25-16(12-31-19)21(29)24-15-8-9-15/h2-7,10-12,15H,8-9,13H2,1H3,(H,24,29). The number of pyridine rings is 1. The molecule has 32 heavy (non-hydrogen) atoms. The third-order valence-electron chi connectivity index (χ3n) is 4.90. The molecule has 8 nitrogen and oxygen atoms in total. The van der Waals surface area contributed by atoms with E-state index < -0.39 is 0 Å². The zero-order chi connectivity index (χ0) is 21.9. The first-order valence-corrected chi connectivity index (χ1v) is 12.0. The second kappa shape index (κ2) is 9.09. The van der Waals surface area contributed by atoms with Crippen LogP contribution in [-0.2, 0) is 5.75 Å². The van der Waals surface area contributed by atoms with Gasteiger partial charge in [-0.05, 0) is 37.1 Å². The summed E-state index contributed by atoms with van der Waals surface area (Å²) < 4.78 is 7.56. The number of ether oxygens (including phenoxy) is 1. The number of aromatic nitrogens is 5. The molecule has 1 aromatic carbocycles. The molecule has 0 atom stereocenters. The minimum atomic E-state index is -0.101. The monoisotopic (exact) mass is 464 g/mol. The van der Waals surface area contributed by atoms with Gasteiger partial charge in [0.1, 0.15) is 16.5 Å². The van der Waals surface area contributed by atoms with Gasteiger partial charge in [0.2, 0.25) is 0 Å². The van der Waals surface area contributed by atoms with E-state index in [0.29, 0.717) is 34.2 Å². The number of carbonyl (C=O) groups excluding carboxylic acids is 1. The van der Waals surface area contributed by atoms with Crippen molar-refractivity contribution in [1.82, 2.24) is 30.0 Å². The largest absolute Gasteiger partial charge is 0.495 e. The summed E-state index contributed by atoms with van der Waals surface area (Å²) >= 11 is 2.98. The van der Waals surface area contributed by atoms with Crippen LogP contribution in [0.15, 0.2) is 59.3 Å². The fraction of sp³-hybridized carbons (Fsp3) is 0.227. The van der Waals surface area contributed by atoms with Gasteiger partial charge in [-0.15, -0.1) is 21.5 Å². The van der Waals surface area contributed by atoms with Crippen LogP contribution in [0.4, 0.5) is 0 Å². The molecule has 0 bridgehead atoms. The maximum Gasteiger partial charge on any atom is 0.270 e. The van der Waals surface area contributed by atoms with E-state index in [-0.39, 0.29) is 5.91 Å². The summed E-state index contributed by atoms with van der Waals surface area (Å²) in [5, 5.41) is 15.2. The van der Waals surface area contributed by atoms with Crippen molar-refractivity contribution >= 4 is 29.0 Å². The Morgan fingerprint density at radius 1 is 1.25 bits per heavy atom. The number of carbonyl (C=O) groups is 1. The zero-order valence-electron chi connectivity index (χ0n) is 17.3. The predicted molar refractivity (Wildman–Crippen MR) is 123 cm³/mol. The minimum Gasteiger partial charge on any atom is -0.495 e. The van der Waals surface area contributed by atoms with Crippen molar-refractivity contribution in [3.63, 3.8) is 0 Å². The summed E-state index contributed by atoms with van der Waals surface area (Å²) in [7, 11) is 1.64. The van der Waals surface area contributed by atoms with Crippen molar-refractivity contribution in [2.75, 3.05) is 7.11 Å². The molecule has 0 saturated heterocycles. The molecule has 162 valence electrons. The van der Waals surface area contributed by atoms with Crippen LogP contribution in [0.1, 0.15) is 28.3 Å². The van der Waals surface area contributed by atoms with Crippen molar-refractivity contribution in [2.24, 2.45) is 0 Å². The fourth-order valence-electron chi connectivity index (χ4n) is 3.17. The first-order chi connectivity index (χ1) is 15.7. The Kier molecular flexibility index (Phi) is 5.87. The number of hydrogen-bond donors (Lipinski definition) is 1. The average Bonchev–Trinajstić information content (AvgIpc) is 3.35. The number of thioether (sulfide) groups is 1. The first kappa shape index (κ1) is 20.7. The van der Waals surface area contributed by atoms with Crippen molar-refractivity contribution < 1.29 is 9.53 Å². The topological polar surface area (TPSA) is 94.8 Å². The second-order valence-corrected chi connectivity index (χ2v) is 9.10. The Morgan fingerprint density at radius 3 is 2.91 bits per heavy atom. The Labute approximate surface area is 193 Å². The number of rotatable bonds is 8. The molecule has 0 unspecified atom stereocenters. The number of para-hydroxylation sites is 2. The summed E-state index contributed by atoms with van der Waals surface area (Å²) in [6.45, 7) is 0. The summed E-state index contributed by atoms with van der Waals surface area (Å²) in [4.78, 5) is 21.0. The highest BCUT2D eigenvalue weighted by atomic mass is 32.2. The summed E-state index contributed by atoms with van der Waals surface area (Å²) in [5.41, 5.74) is 2.16. The molecule has 4 aromatic rings. The minimum absolute atomic E-state index is 0.101. The normalized spacial score (nSPS) is 13.2. The third-order valence-corrected chi connectivity index (χ3v) is 6.87. The van der Waals surface area contributed by atoms with Crippen molar-refractivity contribution in [3.8, 4) is 22.8 Å². The lowest BCUT2D eigenvalue weighted by molar-refractivity contribution is 0.0946. The van der Waals surface area contributed by atoms with Crippen LogP contribution in [0.5, 0.6) is 5.75 Å². The second-order valence-electron chi connectivity index (χ2n) is 7.22. The van der Waals surface area contributed by atoms with E-state index in [0.717, 1.165) is 29.1 Å². The van der Waals surface area contributed by atoms with Crippen LogP contribution in [0.2, 0.25) is 0 Å². The van der Waals surface area contributed by atoms with E-state index in [1.165, 1.54) is 23.1 Å². The van der Waals surface area contributed by atoms with E-state index in [2.05, 4.69) is 25.5 Å². The highest BCUT2D eigenvalue weighted by Crippen LogP contribution is 2.33. The molecular weight excluding hydrogens is 444 g/mol. The molecule has 1 aliphatic carbocycles. The molecule has 10 heteroatoms. The van der Waals surface area contributed by atoms with Crippen LogP contribution in [0.3, 0.4) is 0 Å². The summed E-state index contributed by atoms with van der Waals surface area (Å²) in [6, 6.07) is 11.9. The van der Waals surface area contributed by atoms with Crippen LogP contribution in [-0.4, -0.2) is 43.8 Å². The van der Waals surface area contributed by atoms with Gasteiger partial charge in [0.05, 0.1) is 18.6 Å². The van der Waals surface area contributed by atoms with Crippen molar-refractivity contribution in [2.45, 2.75) is 29.8 Å². The molecule has 1 saturated carbocycles. The Balaban J connectivity index is 1.43. The Hall–Kier alpha value is -3.24. The Morgan fingerprint density at radius 2 is 2.12 bits per heavy atom. The van der Waals surface area contributed by atoms with Gasteiger partial charge < -0.3 is 10.1 Å². The van der Waals surface area contributed by atoms with Gasteiger partial charge in [-0.1, -0.05) is 23.9 Å². The quantitative estimate of drug-likeness (QED) is 0.394. The zero-order valence-corrected chi connectivity index (χ0v) is 18.9. The maximum absolute atomic E-state index is 12.2. The average molecular weight is 465 g/mol. The highest BCUT2D eigenvalue weighted by Gasteiger charge is 2.25.